The van der Waals surface area contributed by atoms with Crippen molar-refractivity contribution in [2.24, 2.45) is 4.99 Å². The van der Waals surface area contributed by atoms with E-state index in [0.717, 1.165) is 17.4 Å². The lowest BCUT2D eigenvalue weighted by atomic mass is 9.82. The van der Waals surface area contributed by atoms with Gasteiger partial charge >= 0.3 is 0 Å². The van der Waals surface area contributed by atoms with Crippen molar-refractivity contribution in [1.82, 2.24) is 4.90 Å². The van der Waals surface area contributed by atoms with Gasteiger partial charge in [0.25, 0.3) is 5.91 Å². The molecule has 4 nitrogen and oxygen atoms in total. The maximum atomic E-state index is 13.2. The molecule has 1 amide bonds. The van der Waals surface area contributed by atoms with E-state index in [4.69, 9.17) is 4.99 Å². The summed E-state index contributed by atoms with van der Waals surface area (Å²) in [7, 11) is 0. The van der Waals surface area contributed by atoms with Crippen molar-refractivity contribution in [3.05, 3.63) is 107 Å². The van der Waals surface area contributed by atoms with Gasteiger partial charge in [0.1, 0.15) is 0 Å². The number of nitrogens with zero attached hydrogens (tertiary/aromatic N) is 3. The van der Waals surface area contributed by atoms with Gasteiger partial charge in [-0.1, -0.05) is 67.9 Å². The lowest BCUT2D eigenvalue weighted by molar-refractivity contribution is -0.122. The average molecular weight is 508 g/mol. The number of hydrogen-bond donors (Lipinski definition) is 0. The second-order valence-electron chi connectivity index (χ2n) is 9.93. The number of hydrogen-bond acceptors (Lipinski definition) is 4. The molecule has 1 fully saturated rings. The average Bonchev–Trinajstić information content (AvgIpc) is 3.32. The van der Waals surface area contributed by atoms with Crippen molar-refractivity contribution in [1.29, 1.82) is 0 Å². The van der Waals surface area contributed by atoms with Crippen LogP contribution in [0.5, 0.6) is 0 Å². The fraction of sp³-hybridized carbons (Fsp3) is 0.250. The second-order valence-corrected chi connectivity index (χ2v) is 10.9. The standard InChI is InChI=1S/C32H33N3OS/c1-6-34-27-18-15-24(23-11-9-8-10-12-23)21-26(27)32(4,5)29(34)20-19-28-30(36)35(7-2)31(37-28)33-25-16-13-22(3)14-17-25/h8-21H,6-7H2,1-5H3. The van der Waals surface area contributed by atoms with E-state index in [1.807, 2.05) is 43.3 Å². The first-order valence-electron chi connectivity index (χ1n) is 12.9. The molecule has 0 bridgehead atoms. The minimum absolute atomic E-state index is 0.0120. The van der Waals surface area contributed by atoms with Crippen LogP contribution in [0.25, 0.3) is 11.1 Å². The Labute approximate surface area is 224 Å². The van der Waals surface area contributed by atoms with Crippen LogP contribution in [0.1, 0.15) is 38.8 Å². The van der Waals surface area contributed by atoms with Gasteiger partial charge in [0.15, 0.2) is 5.17 Å². The number of amidine groups is 1. The zero-order valence-electron chi connectivity index (χ0n) is 22.2. The second kappa shape index (κ2) is 10.1. The largest absolute Gasteiger partial charge is 0.344 e. The summed E-state index contributed by atoms with van der Waals surface area (Å²) < 4.78 is 0. The minimum Gasteiger partial charge on any atom is -0.344 e. The highest BCUT2D eigenvalue weighted by Crippen LogP contribution is 2.49. The van der Waals surface area contributed by atoms with E-state index in [-0.39, 0.29) is 11.3 Å². The zero-order chi connectivity index (χ0) is 26.2. The number of thioether (sulfide) groups is 1. The first-order chi connectivity index (χ1) is 17.8. The van der Waals surface area contributed by atoms with Crippen molar-refractivity contribution in [2.45, 2.75) is 40.0 Å². The van der Waals surface area contributed by atoms with E-state index < -0.39 is 0 Å². The number of amides is 1. The van der Waals surface area contributed by atoms with Crippen LogP contribution in [-0.4, -0.2) is 29.1 Å². The van der Waals surface area contributed by atoms with Gasteiger partial charge in [-0.2, -0.15) is 0 Å². The molecule has 0 saturated carbocycles. The maximum absolute atomic E-state index is 13.2. The monoisotopic (exact) mass is 507 g/mol. The Bertz CT molecular complexity index is 1420. The molecule has 0 N–H and O–H groups in total. The number of aryl methyl sites for hydroxylation is 1. The van der Waals surface area contributed by atoms with Gasteiger partial charge in [0, 0.05) is 29.9 Å². The Kier molecular flexibility index (Phi) is 6.82. The quantitative estimate of drug-likeness (QED) is 0.330. The topological polar surface area (TPSA) is 35.9 Å². The van der Waals surface area contributed by atoms with Gasteiger partial charge in [-0.25, -0.2) is 4.99 Å². The molecular formula is C32H33N3OS. The lowest BCUT2D eigenvalue weighted by Gasteiger charge is -2.25. The number of carbonyl (C=O) groups is 1. The normalized spacial score (nSPS) is 19.9. The van der Waals surface area contributed by atoms with Gasteiger partial charge in [0.05, 0.1) is 10.6 Å². The number of aliphatic imine (C=N–C) groups is 1. The molecule has 0 aliphatic carbocycles. The highest BCUT2D eigenvalue weighted by atomic mass is 32.2. The molecule has 0 radical (unpaired) electrons. The SMILES string of the molecule is CCN1C(=O)C(=CC=C2N(CC)c3ccc(-c4ccccc4)cc3C2(C)C)SC1=Nc1ccc(C)cc1. The third-order valence-electron chi connectivity index (χ3n) is 7.17. The number of anilines is 1. The summed E-state index contributed by atoms with van der Waals surface area (Å²) in [5, 5.41) is 0.731. The molecule has 5 rings (SSSR count). The zero-order valence-corrected chi connectivity index (χ0v) is 23.0. The van der Waals surface area contributed by atoms with E-state index in [1.54, 1.807) is 4.90 Å². The molecule has 5 heteroatoms. The van der Waals surface area contributed by atoms with Gasteiger partial charge < -0.3 is 4.90 Å². The molecule has 188 valence electrons. The van der Waals surface area contributed by atoms with Crippen molar-refractivity contribution < 1.29 is 4.79 Å². The van der Waals surface area contributed by atoms with Crippen molar-refractivity contribution in [2.75, 3.05) is 18.0 Å². The van der Waals surface area contributed by atoms with Crippen molar-refractivity contribution in [3.63, 3.8) is 0 Å². The van der Waals surface area contributed by atoms with Gasteiger partial charge in [-0.15, -0.1) is 0 Å². The van der Waals surface area contributed by atoms with Crippen LogP contribution in [0.4, 0.5) is 11.4 Å². The van der Waals surface area contributed by atoms with Crippen LogP contribution in [0.2, 0.25) is 0 Å². The van der Waals surface area contributed by atoms with E-state index >= 15 is 0 Å². The lowest BCUT2D eigenvalue weighted by Crippen LogP contribution is -2.28. The van der Waals surface area contributed by atoms with E-state index in [1.165, 1.54) is 45.4 Å². The van der Waals surface area contributed by atoms with Crippen LogP contribution in [0.15, 0.2) is 101 Å². The number of likely N-dealkylation sites (N-methyl/N-ethyl adjacent to an activating group) is 2. The Morgan fingerprint density at radius 1 is 0.865 bits per heavy atom. The van der Waals surface area contributed by atoms with Gasteiger partial charge in [-0.05, 0) is 85.6 Å². The summed E-state index contributed by atoms with van der Waals surface area (Å²) in [6.45, 7) is 12.2. The third-order valence-corrected chi connectivity index (χ3v) is 8.20. The molecule has 0 aromatic heterocycles. The van der Waals surface area contributed by atoms with Gasteiger partial charge in [0.2, 0.25) is 0 Å². The molecule has 3 aromatic carbocycles. The molecule has 3 aromatic rings. The van der Waals surface area contributed by atoms with Crippen molar-refractivity contribution >= 4 is 34.2 Å². The summed E-state index contributed by atoms with van der Waals surface area (Å²) in [6, 6.07) is 25.3. The third kappa shape index (κ3) is 4.64. The molecule has 0 atom stereocenters. The summed E-state index contributed by atoms with van der Waals surface area (Å²) in [5.41, 5.74) is 8.04. The Hall–Kier alpha value is -3.57. The highest BCUT2D eigenvalue weighted by molar-refractivity contribution is 8.18. The first-order valence-corrected chi connectivity index (χ1v) is 13.7. The maximum Gasteiger partial charge on any atom is 0.266 e. The van der Waals surface area contributed by atoms with E-state index in [0.29, 0.717) is 11.4 Å². The van der Waals surface area contributed by atoms with Crippen LogP contribution in [0, 0.1) is 6.92 Å². The molecule has 37 heavy (non-hydrogen) atoms. The summed E-state index contributed by atoms with van der Waals surface area (Å²) in [4.78, 5) is 22.8. The predicted octanol–water partition coefficient (Wildman–Crippen LogP) is 7.83. The molecule has 2 aliphatic heterocycles. The van der Waals surface area contributed by atoms with Crippen LogP contribution < -0.4 is 4.90 Å². The van der Waals surface area contributed by atoms with Crippen LogP contribution in [-0.2, 0) is 10.2 Å². The summed E-state index contributed by atoms with van der Waals surface area (Å²) in [5.74, 6) is 0.0120. The molecular weight excluding hydrogens is 474 g/mol. The van der Waals surface area contributed by atoms with E-state index in [9.17, 15) is 4.79 Å². The number of rotatable bonds is 5. The van der Waals surface area contributed by atoms with Crippen LogP contribution >= 0.6 is 11.8 Å². The summed E-state index contributed by atoms with van der Waals surface area (Å²) >= 11 is 1.45. The molecule has 2 heterocycles. The molecule has 0 spiro atoms. The number of carbonyl (C=O) groups excluding carboxylic acids is 1. The Morgan fingerprint density at radius 2 is 1.57 bits per heavy atom. The summed E-state index contributed by atoms with van der Waals surface area (Å²) in [6.07, 6.45) is 4.12. The fourth-order valence-electron chi connectivity index (χ4n) is 5.10. The predicted molar refractivity (Wildman–Crippen MR) is 157 cm³/mol. The fourth-order valence-corrected chi connectivity index (χ4v) is 6.10. The Balaban J connectivity index is 1.49. The number of benzene rings is 3. The van der Waals surface area contributed by atoms with Crippen molar-refractivity contribution in [3.8, 4) is 11.1 Å². The molecule has 1 saturated heterocycles. The minimum atomic E-state index is -0.192. The first kappa shape index (κ1) is 25.1. The van der Waals surface area contributed by atoms with E-state index in [2.05, 4.69) is 81.1 Å². The molecule has 0 unspecified atom stereocenters. The van der Waals surface area contributed by atoms with Crippen LogP contribution in [0.3, 0.4) is 0 Å². The van der Waals surface area contributed by atoms with Gasteiger partial charge in [-0.3, -0.25) is 9.69 Å². The Morgan fingerprint density at radius 3 is 2.24 bits per heavy atom. The smallest absolute Gasteiger partial charge is 0.266 e. The number of fused-ring (bicyclic) bond motifs is 1. The highest BCUT2D eigenvalue weighted by Gasteiger charge is 2.40. The molecule has 2 aliphatic rings. The number of allylic oxidation sites excluding steroid dienone is 3.